The third kappa shape index (κ3) is 0.525. The lowest BCUT2D eigenvalue weighted by atomic mass is 10.0. The first kappa shape index (κ1) is 7.19. The van der Waals surface area contributed by atoms with Crippen molar-refractivity contribution < 1.29 is 8.83 Å². The molecule has 14 heavy (non-hydrogen) atoms. The topological polar surface area (TPSA) is 94.6 Å². The van der Waals surface area contributed by atoms with Gasteiger partial charge in [-0.05, 0) is 0 Å². The minimum atomic E-state index is -0.893. The number of hydrogen-bond donors (Lipinski definition) is 0. The van der Waals surface area contributed by atoms with Gasteiger partial charge in [-0.1, -0.05) is 0 Å². The summed E-state index contributed by atoms with van der Waals surface area (Å²) in [6.45, 7) is 0. The van der Waals surface area contributed by atoms with E-state index in [0.29, 0.717) is 0 Å². The fourth-order valence-corrected chi connectivity index (χ4v) is 1.63. The minimum absolute atomic E-state index is 0.124. The SMILES string of the molecule is O=c1oc(=O)c2c1c1c(=O)oc(=O)c21. The van der Waals surface area contributed by atoms with Crippen molar-refractivity contribution in [1.29, 1.82) is 0 Å². The highest BCUT2D eigenvalue weighted by Gasteiger charge is 2.28. The Morgan fingerprint density at radius 3 is 0.929 bits per heavy atom. The molecule has 0 fully saturated rings. The first-order valence-electron chi connectivity index (χ1n) is 3.63. The van der Waals surface area contributed by atoms with Crippen molar-refractivity contribution in [3.63, 3.8) is 0 Å². The van der Waals surface area contributed by atoms with Gasteiger partial charge in [0.2, 0.25) is 0 Å². The van der Waals surface area contributed by atoms with Crippen LogP contribution < -0.4 is 22.5 Å². The summed E-state index contributed by atoms with van der Waals surface area (Å²) in [6.07, 6.45) is 0. The maximum Gasteiger partial charge on any atom is 0.347 e. The van der Waals surface area contributed by atoms with E-state index in [1.54, 1.807) is 0 Å². The lowest BCUT2D eigenvalue weighted by Crippen LogP contribution is -2.02. The fourth-order valence-electron chi connectivity index (χ4n) is 1.63. The van der Waals surface area contributed by atoms with Gasteiger partial charge in [-0.3, -0.25) is 0 Å². The Morgan fingerprint density at radius 1 is 0.500 bits per heavy atom. The van der Waals surface area contributed by atoms with Crippen LogP contribution in [0.5, 0.6) is 0 Å². The summed E-state index contributed by atoms with van der Waals surface area (Å²) in [5.41, 5.74) is -3.57. The van der Waals surface area contributed by atoms with Crippen molar-refractivity contribution in [3.05, 3.63) is 41.7 Å². The Labute approximate surface area is 73.0 Å². The minimum Gasteiger partial charge on any atom is -0.386 e. The van der Waals surface area contributed by atoms with Gasteiger partial charge in [0, 0.05) is 0 Å². The molecule has 0 N–H and O–H groups in total. The van der Waals surface area contributed by atoms with E-state index in [-0.39, 0.29) is 21.5 Å². The van der Waals surface area contributed by atoms with Crippen LogP contribution in [0.15, 0.2) is 28.0 Å². The van der Waals surface area contributed by atoms with E-state index in [9.17, 15) is 19.2 Å². The molecule has 1 aromatic carbocycles. The van der Waals surface area contributed by atoms with Gasteiger partial charge in [0.15, 0.2) is 0 Å². The van der Waals surface area contributed by atoms with Gasteiger partial charge in [-0.15, -0.1) is 0 Å². The summed E-state index contributed by atoms with van der Waals surface area (Å²) in [6, 6.07) is 0. The summed E-state index contributed by atoms with van der Waals surface area (Å²) in [4.78, 5) is 43.9. The van der Waals surface area contributed by atoms with Crippen molar-refractivity contribution in [2.75, 3.05) is 0 Å². The monoisotopic (exact) mass is 192 g/mol. The molecule has 0 amide bonds. The predicted octanol–water partition coefficient (Wildman–Crippen LogP) is -1.07. The lowest BCUT2D eigenvalue weighted by molar-refractivity contribution is 0.495. The molecule has 0 aliphatic rings. The molecule has 0 atom stereocenters. The second-order valence-corrected chi connectivity index (χ2v) is 2.85. The molecule has 0 spiro atoms. The standard InChI is InChI=1S/C8O6/c9-5-1-2(6(10)13-5)4-3(1)7(11)14-8(4)12. The van der Waals surface area contributed by atoms with Crippen molar-refractivity contribution in [2.45, 2.75) is 0 Å². The Balaban J connectivity index is 2.93. The molecule has 2 heterocycles. The molecule has 3 rings (SSSR count). The van der Waals surface area contributed by atoms with E-state index in [2.05, 4.69) is 8.83 Å². The van der Waals surface area contributed by atoms with Crippen LogP contribution in [0.3, 0.4) is 0 Å². The van der Waals surface area contributed by atoms with Gasteiger partial charge in [0.25, 0.3) is 0 Å². The van der Waals surface area contributed by atoms with Gasteiger partial charge < -0.3 is 8.83 Å². The van der Waals surface area contributed by atoms with Crippen LogP contribution >= 0.6 is 0 Å². The van der Waals surface area contributed by atoms with Crippen LogP contribution in [0, 0.1) is 0 Å². The largest absolute Gasteiger partial charge is 0.386 e. The zero-order chi connectivity index (χ0) is 10.0. The van der Waals surface area contributed by atoms with Crippen LogP contribution in [-0.2, 0) is 0 Å². The van der Waals surface area contributed by atoms with E-state index in [1.165, 1.54) is 0 Å². The lowest BCUT2D eigenvalue weighted by Gasteiger charge is -1.89. The third-order valence-corrected chi connectivity index (χ3v) is 2.19. The molecule has 2 aromatic heterocycles. The molecule has 0 radical (unpaired) electrons. The molecule has 0 unspecified atom stereocenters. The van der Waals surface area contributed by atoms with E-state index in [4.69, 9.17) is 0 Å². The van der Waals surface area contributed by atoms with Crippen LogP contribution in [0.25, 0.3) is 21.5 Å². The Hall–Kier alpha value is -2.24. The summed E-state index contributed by atoms with van der Waals surface area (Å²) in [5.74, 6) is 0. The first-order valence-corrected chi connectivity index (χ1v) is 3.63. The maximum atomic E-state index is 11.0. The van der Waals surface area contributed by atoms with Gasteiger partial charge in [-0.25, -0.2) is 19.2 Å². The molecule has 3 aromatic rings. The highest BCUT2D eigenvalue weighted by molar-refractivity contribution is 6.23. The van der Waals surface area contributed by atoms with E-state index in [0.717, 1.165) is 0 Å². The smallest absolute Gasteiger partial charge is 0.347 e. The zero-order valence-electron chi connectivity index (χ0n) is 6.45. The van der Waals surface area contributed by atoms with Gasteiger partial charge in [0.1, 0.15) is 0 Å². The van der Waals surface area contributed by atoms with Gasteiger partial charge >= 0.3 is 22.5 Å². The average molecular weight is 192 g/mol. The molecular weight excluding hydrogens is 192 g/mol. The Kier molecular flexibility index (Phi) is 0.933. The second kappa shape index (κ2) is 1.82. The average Bonchev–Trinajstić information content (AvgIpc) is 2.31. The molecule has 0 aliphatic carbocycles. The number of hydrogen-bond acceptors (Lipinski definition) is 6. The van der Waals surface area contributed by atoms with Gasteiger partial charge in [0.05, 0.1) is 21.5 Å². The first-order chi connectivity index (χ1) is 6.61. The van der Waals surface area contributed by atoms with Crippen LogP contribution in [0.4, 0.5) is 0 Å². The van der Waals surface area contributed by atoms with Crippen LogP contribution in [0.2, 0.25) is 0 Å². The van der Waals surface area contributed by atoms with Crippen LogP contribution in [-0.4, -0.2) is 0 Å². The molecular formula is C8O6. The molecule has 0 saturated heterocycles. The van der Waals surface area contributed by atoms with Crippen molar-refractivity contribution >= 4 is 21.5 Å². The number of rotatable bonds is 0. The molecule has 0 bridgehead atoms. The quantitative estimate of drug-likeness (QED) is 0.450. The highest BCUT2D eigenvalue weighted by Crippen LogP contribution is 2.24. The third-order valence-electron chi connectivity index (χ3n) is 2.19. The summed E-state index contributed by atoms with van der Waals surface area (Å²) < 4.78 is 8.46. The van der Waals surface area contributed by atoms with Gasteiger partial charge in [-0.2, -0.15) is 0 Å². The Bertz CT molecular complexity index is 679. The molecule has 6 nitrogen and oxygen atoms in total. The molecule has 68 valence electrons. The van der Waals surface area contributed by atoms with Crippen molar-refractivity contribution in [1.82, 2.24) is 0 Å². The summed E-state index contributed by atoms with van der Waals surface area (Å²) in [5, 5.41) is -0.497. The molecule has 0 aliphatic heterocycles. The predicted molar refractivity (Wildman–Crippen MR) is 44.6 cm³/mol. The number of fused-ring (bicyclic) bond motifs is 4. The second-order valence-electron chi connectivity index (χ2n) is 2.85. The number of furan rings is 2. The van der Waals surface area contributed by atoms with E-state index in [1.807, 2.05) is 0 Å². The van der Waals surface area contributed by atoms with E-state index >= 15 is 0 Å². The highest BCUT2D eigenvalue weighted by atomic mass is 16.4. The zero-order valence-corrected chi connectivity index (χ0v) is 6.45. The summed E-state index contributed by atoms with van der Waals surface area (Å²) >= 11 is 0. The molecule has 0 saturated carbocycles. The molecule has 6 heteroatoms. The Morgan fingerprint density at radius 2 is 0.714 bits per heavy atom. The van der Waals surface area contributed by atoms with E-state index < -0.39 is 22.5 Å². The summed E-state index contributed by atoms with van der Waals surface area (Å²) in [7, 11) is 0. The van der Waals surface area contributed by atoms with Crippen LogP contribution in [0.1, 0.15) is 0 Å². The fraction of sp³-hybridized carbons (Fsp3) is 0. The van der Waals surface area contributed by atoms with Crippen molar-refractivity contribution in [3.8, 4) is 0 Å². The van der Waals surface area contributed by atoms with Crippen molar-refractivity contribution in [2.24, 2.45) is 0 Å². The normalized spacial score (nSPS) is 12.0. The maximum absolute atomic E-state index is 11.0.